The number of hydrogen-bond donors (Lipinski definition) is 1. The summed E-state index contributed by atoms with van der Waals surface area (Å²) in [6.07, 6.45) is 1.89. The Morgan fingerprint density at radius 3 is 2.29 bits per heavy atom. The summed E-state index contributed by atoms with van der Waals surface area (Å²) in [5.41, 5.74) is 0. The topological polar surface area (TPSA) is 66.5 Å². The highest BCUT2D eigenvalue weighted by molar-refractivity contribution is 9.10. The van der Waals surface area contributed by atoms with Crippen molar-refractivity contribution in [1.82, 2.24) is 9.62 Å². The Balaban J connectivity index is 2.13. The van der Waals surface area contributed by atoms with Gasteiger partial charge in [-0.2, -0.15) is 0 Å². The molecule has 1 fully saturated rings. The van der Waals surface area contributed by atoms with Crippen molar-refractivity contribution in [1.29, 1.82) is 0 Å². The van der Waals surface area contributed by atoms with Crippen LogP contribution in [0.2, 0.25) is 10.0 Å². The molecule has 9 heteroatoms. The normalized spacial score (nSPS) is 15.5. The lowest BCUT2D eigenvalue weighted by molar-refractivity contribution is -0.128. The number of halogens is 3. The summed E-state index contributed by atoms with van der Waals surface area (Å²) in [5, 5.41) is -0.00834. The Kier molecular flexibility index (Phi) is 5.54. The van der Waals surface area contributed by atoms with E-state index < -0.39 is 10.0 Å². The van der Waals surface area contributed by atoms with Crippen LogP contribution in [0.5, 0.6) is 0 Å². The fraction of sp³-hybridized carbons (Fsp3) is 0.417. The van der Waals surface area contributed by atoms with E-state index in [0.717, 1.165) is 12.8 Å². The van der Waals surface area contributed by atoms with Crippen molar-refractivity contribution in [2.45, 2.75) is 17.7 Å². The summed E-state index contributed by atoms with van der Waals surface area (Å²) < 4.78 is 27.3. The van der Waals surface area contributed by atoms with Gasteiger partial charge < -0.3 is 4.90 Å². The quantitative estimate of drug-likeness (QED) is 0.821. The maximum absolute atomic E-state index is 12.2. The van der Waals surface area contributed by atoms with Gasteiger partial charge in [0.25, 0.3) is 0 Å². The van der Waals surface area contributed by atoms with Crippen molar-refractivity contribution in [2.24, 2.45) is 0 Å². The number of benzene rings is 1. The summed E-state index contributed by atoms with van der Waals surface area (Å²) >= 11 is 15.0. The van der Waals surface area contributed by atoms with Gasteiger partial charge in [0, 0.05) is 17.6 Å². The van der Waals surface area contributed by atoms with E-state index >= 15 is 0 Å². The standard InChI is InChI=1S/C12H13BrCl2N2O3S/c13-8-5-9(14)12(10(15)6-8)21(19,20)16-7-11(18)17-3-1-2-4-17/h5-6,16H,1-4,7H2. The van der Waals surface area contributed by atoms with Crippen molar-refractivity contribution < 1.29 is 13.2 Å². The molecule has 1 aliphatic rings. The molecule has 2 rings (SSSR count). The zero-order valence-electron chi connectivity index (χ0n) is 10.9. The summed E-state index contributed by atoms with van der Waals surface area (Å²) in [4.78, 5) is 13.3. The molecule has 0 radical (unpaired) electrons. The predicted molar refractivity (Wildman–Crippen MR) is 85.2 cm³/mol. The first-order valence-electron chi connectivity index (χ1n) is 6.23. The van der Waals surface area contributed by atoms with Gasteiger partial charge in [-0.15, -0.1) is 0 Å². The number of likely N-dealkylation sites (tertiary alicyclic amines) is 1. The minimum atomic E-state index is -3.95. The molecule has 1 aliphatic heterocycles. The third-order valence-electron chi connectivity index (χ3n) is 3.10. The van der Waals surface area contributed by atoms with Crippen LogP contribution in [-0.4, -0.2) is 38.9 Å². The van der Waals surface area contributed by atoms with E-state index in [9.17, 15) is 13.2 Å². The van der Waals surface area contributed by atoms with E-state index in [1.807, 2.05) is 0 Å². The van der Waals surface area contributed by atoms with Gasteiger partial charge in [0.05, 0.1) is 16.6 Å². The first-order chi connectivity index (χ1) is 9.81. The first-order valence-corrected chi connectivity index (χ1v) is 9.26. The van der Waals surface area contributed by atoms with Gasteiger partial charge >= 0.3 is 0 Å². The molecule has 0 aliphatic carbocycles. The Hall–Kier alpha value is -0.340. The molecule has 1 amide bonds. The SMILES string of the molecule is O=C(CNS(=O)(=O)c1c(Cl)cc(Br)cc1Cl)N1CCCC1. The van der Waals surface area contributed by atoms with Crippen LogP contribution in [-0.2, 0) is 14.8 Å². The second-order valence-electron chi connectivity index (χ2n) is 4.61. The molecule has 116 valence electrons. The number of amides is 1. The summed E-state index contributed by atoms with van der Waals surface area (Å²) in [7, 11) is -3.95. The zero-order chi connectivity index (χ0) is 15.6. The molecule has 1 aromatic rings. The molecule has 1 N–H and O–H groups in total. The number of sulfonamides is 1. The first kappa shape index (κ1) is 17.0. The molecule has 21 heavy (non-hydrogen) atoms. The van der Waals surface area contributed by atoms with Crippen molar-refractivity contribution in [3.05, 3.63) is 26.7 Å². The van der Waals surface area contributed by atoms with Crippen LogP contribution in [0, 0.1) is 0 Å². The van der Waals surface area contributed by atoms with Crippen LogP contribution in [0.15, 0.2) is 21.5 Å². The zero-order valence-corrected chi connectivity index (χ0v) is 14.8. The molecule has 1 saturated heterocycles. The smallest absolute Gasteiger partial charge is 0.244 e. The summed E-state index contributed by atoms with van der Waals surface area (Å²) in [6, 6.07) is 2.87. The van der Waals surface area contributed by atoms with Gasteiger partial charge in [-0.25, -0.2) is 13.1 Å². The van der Waals surface area contributed by atoms with E-state index in [4.69, 9.17) is 23.2 Å². The minimum absolute atomic E-state index is 0.00417. The second-order valence-corrected chi connectivity index (χ2v) is 8.04. The number of hydrogen-bond acceptors (Lipinski definition) is 3. The third kappa shape index (κ3) is 4.10. The van der Waals surface area contributed by atoms with E-state index in [-0.39, 0.29) is 27.4 Å². The molecule has 0 spiro atoms. The van der Waals surface area contributed by atoms with Crippen molar-refractivity contribution in [3.8, 4) is 0 Å². The molecule has 1 heterocycles. The molecule has 0 unspecified atom stereocenters. The number of rotatable bonds is 4. The van der Waals surface area contributed by atoms with Gasteiger partial charge in [0.1, 0.15) is 4.90 Å². The maximum atomic E-state index is 12.2. The molecule has 5 nitrogen and oxygen atoms in total. The molecule has 0 saturated carbocycles. The minimum Gasteiger partial charge on any atom is -0.342 e. The molecule has 0 bridgehead atoms. The van der Waals surface area contributed by atoms with Gasteiger partial charge in [0.2, 0.25) is 15.9 Å². The van der Waals surface area contributed by atoms with Gasteiger partial charge in [-0.1, -0.05) is 39.1 Å². The van der Waals surface area contributed by atoms with Crippen LogP contribution >= 0.6 is 39.1 Å². The van der Waals surface area contributed by atoms with E-state index in [1.54, 1.807) is 4.90 Å². The lowest BCUT2D eigenvalue weighted by atomic mass is 10.4. The van der Waals surface area contributed by atoms with Gasteiger partial charge in [-0.3, -0.25) is 4.79 Å². The number of nitrogens with one attached hydrogen (secondary N) is 1. The van der Waals surface area contributed by atoms with Gasteiger partial charge in [0.15, 0.2) is 0 Å². The Morgan fingerprint density at radius 2 is 1.76 bits per heavy atom. The van der Waals surface area contributed by atoms with Crippen LogP contribution in [0.3, 0.4) is 0 Å². The van der Waals surface area contributed by atoms with E-state index in [0.29, 0.717) is 17.6 Å². The van der Waals surface area contributed by atoms with E-state index in [1.165, 1.54) is 12.1 Å². The highest BCUT2D eigenvalue weighted by Gasteiger charge is 2.25. The van der Waals surface area contributed by atoms with Crippen LogP contribution in [0.25, 0.3) is 0 Å². The fourth-order valence-corrected chi connectivity index (χ4v) is 5.00. The largest absolute Gasteiger partial charge is 0.342 e. The summed E-state index contributed by atoms with van der Waals surface area (Å²) in [5.74, 6) is -0.250. The number of carbonyl (C=O) groups is 1. The summed E-state index contributed by atoms with van der Waals surface area (Å²) in [6.45, 7) is 1.03. The van der Waals surface area contributed by atoms with Crippen molar-refractivity contribution in [3.63, 3.8) is 0 Å². The average Bonchev–Trinajstić information content (AvgIpc) is 2.88. The Labute approximate surface area is 141 Å². The van der Waals surface area contributed by atoms with Crippen LogP contribution in [0.4, 0.5) is 0 Å². The highest BCUT2D eigenvalue weighted by Crippen LogP contribution is 2.32. The van der Waals surface area contributed by atoms with Crippen LogP contribution in [0.1, 0.15) is 12.8 Å². The molecular formula is C12H13BrCl2N2O3S. The molecule has 0 atom stereocenters. The Morgan fingerprint density at radius 1 is 1.24 bits per heavy atom. The van der Waals surface area contributed by atoms with Crippen molar-refractivity contribution in [2.75, 3.05) is 19.6 Å². The third-order valence-corrected chi connectivity index (χ3v) is 5.88. The fourth-order valence-electron chi connectivity index (χ4n) is 2.09. The van der Waals surface area contributed by atoms with Crippen LogP contribution < -0.4 is 4.72 Å². The molecule has 1 aromatic carbocycles. The average molecular weight is 416 g/mol. The lowest BCUT2D eigenvalue weighted by Gasteiger charge is -2.16. The molecular weight excluding hydrogens is 403 g/mol. The molecule has 0 aromatic heterocycles. The van der Waals surface area contributed by atoms with E-state index in [2.05, 4.69) is 20.7 Å². The number of nitrogens with zero attached hydrogens (tertiary/aromatic N) is 1. The van der Waals surface area contributed by atoms with Crippen molar-refractivity contribution >= 4 is 55.1 Å². The maximum Gasteiger partial charge on any atom is 0.244 e. The lowest BCUT2D eigenvalue weighted by Crippen LogP contribution is -2.38. The monoisotopic (exact) mass is 414 g/mol. The highest BCUT2D eigenvalue weighted by atomic mass is 79.9. The number of carbonyl (C=O) groups excluding carboxylic acids is 1. The predicted octanol–water partition coefficient (Wildman–Crippen LogP) is 2.66. The Bertz CT molecular complexity index is 637. The van der Waals surface area contributed by atoms with Gasteiger partial charge in [-0.05, 0) is 25.0 Å². The second kappa shape index (κ2) is 6.83.